The highest BCUT2D eigenvalue weighted by molar-refractivity contribution is 5.94. The molecule has 2 rings (SSSR count). The number of carbonyl (C=O) groups excluding carboxylic acids is 1. The van der Waals surface area contributed by atoms with Crippen molar-refractivity contribution in [2.24, 2.45) is 0 Å². The van der Waals surface area contributed by atoms with Crippen LogP contribution < -0.4 is 9.47 Å². The summed E-state index contributed by atoms with van der Waals surface area (Å²) in [5.74, 6) is 1.87. The van der Waals surface area contributed by atoms with E-state index in [1.54, 1.807) is 39.2 Å². The van der Waals surface area contributed by atoms with E-state index >= 15 is 0 Å². The first-order valence-corrected chi connectivity index (χ1v) is 6.57. The van der Waals surface area contributed by atoms with Crippen LogP contribution in [0.5, 0.6) is 11.5 Å². The molecule has 0 spiro atoms. The van der Waals surface area contributed by atoms with Crippen LogP contribution in [0, 0.1) is 6.92 Å². The number of aryl methyl sites for hydroxylation is 1. The second kappa shape index (κ2) is 6.35. The fourth-order valence-corrected chi connectivity index (χ4v) is 2.14. The van der Waals surface area contributed by atoms with Crippen molar-refractivity contribution in [3.63, 3.8) is 0 Å². The normalized spacial score (nSPS) is 10.3. The molecule has 0 aliphatic rings. The molecule has 1 amide bonds. The number of benzene rings is 1. The first-order chi connectivity index (χ1) is 10.1. The highest BCUT2D eigenvalue weighted by Crippen LogP contribution is 2.28. The van der Waals surface area contributed by atoms with Crippen LogP contribution in [0.3, 0.4) is 0 Å². The first-order valence-electron chi connectivity index (χ1n) is 6.57. The molecule has 5 nitrogen and oxygen atoms in total. The molecule has 0 radical (unpaired) electrons. The van der Waals surface area contributed by atoms with Gasteiger partial charge in [-0.25, -0.2) is 0 Å². The highest BCUT2D eigenvalue weighted by Gasteiger charge is 2.16. The van der Waals surface area contributed by atoms with E-state index in [9.17, 15) is 4.79 Å². The van der Waals surface area contributed by atoms with Gasteiger partial charge in [0.15, 0.2) is 11.5 Å². The molecule has 0 N–H and O–H groups in total. The highest BCUT2D eigenvalue weighted by atomic mass is 16.5. The molecular weight excluding hydrogens is 270 g/mol. The SMILES string of the molecule is COc1ccc(CN(C)C(=O)c2ccoc2C)cc1OC. The van der Waals surface area contributed by atoms with E-state index in [4.69, 9.17) is 13.9 Å². The van der Waals surface area contributed by atoms with Crippen molar-refractivity contribution in [2.75, 3.05) is 21.3 Å². The number of hydrogen-bond acceptors (Lipinski definition) is 4. The van der Waals surface area contributed by atoms with E-state index < -0.39 is 0 Å². The number of rotatable bonds is 5. The molecule has 0 bridgehead atoms. The monoisotopic (exact) mass is 289 g/mol. The van der Waals surface area contributed by atoms with E-state index in [1.165, 1.54) is 6.26 Å². The van der Waals surface area contributed by atoms with E-state index in [0.717, 1.165) is 5.56 Å². The van der Waals surface area contributed by atoms with Crippen LogP contribution in [0.25, 0.3) is 0 Å². The second-order valence-electron chi connectivity index (χ2n) is 4.74. The van der Waals surface area contributed by atoms with Gasteiger partial charge in [-0.05, 0) is 30.7 Å². The Hall–Kier alpha value is -2.43. The van der Waals surface area contributed by atoms with Crippen LogP contribution in [-0.2, 0) is 6.54 Å². The van der Waals surface area contributed by atoms with Gasteiger partial charge in [0, 0.05) is 13.6 Å². The third-order valence-electron chi connectivity index (χ3n) is 3.30. The van der Waals surface area contributed by atoms with Gasteiger partial charge in [0.25, 0.3) is 5.91 Å². The molecule has 21 heavy (non-hydrogen) atoms. The van der Waals surface area contributed by atoms with Crippen LogP contribution in [0.1, 0.15) is 21.7 Å². The molecule has 112 valence electrons. The molecule has 0 atom stereocenters. The molecule has 0 saturated heterocycles. The Labute approximate surface area is 124 Å². The van der Waals surface area contributed by atoms with Crippen LogP contribution in [0.15, 0.2) is 34.9 Å². The van der Waals surface area contributed by atoms with E-state index in [-0.39, 0.29) is 5.91 Å². The Bertz CT molecular complexity index is 633. The van der Waals surface area contributed by atoms with Crippen molar-refractivity contribution in [3.8, 4) is 11.5 Å². The summed E-state index contributed by atoms with van der Waals surface area (Å²) in [6.45, 7) is 2.25. The van der Waals surface area contributed by atoms with Gasteiger partial charge in [-0.15, -0.1) is 0 Å². The van der Waals surface area contributed by atoms with Crippen LogP contribution >= 0.6 is 0 Å². The number of carbonyl (C=O) groups is 1. The molecule has 0 aliphatic heterocycles. The summed E-state index contributed by atoms with van der Waals surface area (Å²) in [5.41, 5.74) is 1.54. The Morgan fingerprint density at radius 1 is 1.19 bits per heavy atom. The Balaban J connectivity index is 2.14. The summed E-state index contributed by atoms with van der Waals surface area (Å²) in [6, 6.07) is 7.29. The average Bonchev–Trinajstić information content (AvgIpc) is 2.92. The molecular formula is C16H19NO4. The molecule has 5 heteroatoms. The van der Waals surface area contributed by atoms with Gasteiger partial charge >= 0.3 is 0 Å². The van der Waals surface area contributed by atoms with Gasteiger partial charge in [-0.2, -0.15) is 0 Å². The fourth-order valence-electron chi connectivity index (χ4n) is 2.14. The van der Waals surface area contributed by atoms with Gasteiger partial charge in [0.1, 0.15) is 5.76 Å². The van der Waals surface area contributed by atoms with Crippen LogP contribution in [0.4, 0.5) is 0 Å². The fraction of sp³-hybridized carbons (Fsp3) is 0.312. The summed E-state index contributed by atoms with van der Waals surface area (Å²) in [4.78, 5) is 14.0. The average molecular weight is 289 g/mol. The van der Waals surface area contributed by atoms with Crippen molar-refractivity contribution in [1.29, 1.82) is 0 Å². The topological polar surface area (TPSA) is 51.9 Å². The second-order valence-corrected chi connectivity index (χ2v) is 4.74. The maximum absolute atomic E-state index is 12.3. The van der Waals surface area contributed by atoms with E-state index in [1.807, 2.05) is 18.2 Å². The standard InChI is InChI=1S/C16H19NO4/c1-11-13(7-8-21-11)16(18)17(2)10-12-5-6-14(19-3)15(9-12)20-4/h5-9H,10H2,1-4H3. The minimum Gasteiger partial charge on any atom is -0.493 e. The zero-order valence-corrected chi connectivity index (χ0v) is 12.7. The summed E-state index contributed by atoms with van der Waals surface area (Å²) >= 11 is 0. The summed E-state index contributed by atoms with van der Waals surface area (Å²) in [6.07, 6.45) is 1.52. The van der Waals surface area contributed by atoms with Gasteiger partial charge in [0.05, 0.1) is 26.0 Å². The van der Waals surface area contributed by atoms with Crippen molar-refractivity contribution in [2.45, 2.75) is 13.5 Å². The lowest BCUT2D eigenvalue weighted by Gasteiger charge is -2.18. The molecule has 0 saturated carbocycles. The predicted octanol–water partition coefficient (Wildman–Crippen LogP) is 2.88. The maximum Gasteiger partial charge on any atom is 0.257 e. The molecule has 1 heterocycles. The number of furan rings is 1. The zero-order valence-electron chi connectivity index (χ0n) is 12.7. The number of ether oxygens (including phenoxy) is 2. The van der Waals surface area contributed by atoms with E-state index in [2.05, 4.69) is 0 Å². The smallest absolute Gasteiger partial charge is 0.257 e. The van der Waals surface area contributed by atoms with Crippen molar-refractivity contribution >= 4 is 5.91 Å². The molecule has 1 aromatic carbocycles. The Kier molecular flexibility index (Phi) is 4.52. The van der Waals surface area contributed by atoms with Crippen molar-refractivity contribution < 1.29 is 18.7 Å². The summed E-state index contributed by atoms with van der Waals surface area (Å²) in [5, 5.41) is 0. The third kappa shape index (κ3) is 3.18. The van der Waals surface area contributed by atoms with Gasteiger partial charge < -0.3 is 18.8 Å². The largest absolute Gasteiger partial charge is 0.493 e. The molecule has 1 aromatic heterocycles. The lowest BCUT2D eigenvalue weighted by Crippen LogP contribution is -2.26. The zero-order chi connectivity index (χ0) is 15.4. The lowest BCUT2D eigenvalue weighted by molar-refractivity contribution is 0.0783. The predicted molar refractivity (Wildman–Crippen MR) is 78.8 cm³/mol. The van der Waals surface area contributed by atoms with Gasteiger partial charge in [-0.1, -0.05) is 6.07 Å². The Morgan fingerprint density at radius 3 is 2.48 bits per heavy atom. The van der Waals surface area contributed by atoms with Crippen LogP contribution in [0.2, 0.25) is 0 Å². The lowest BCUT2D eigenvalue weighted by atomic mass is 10.1. The number of amides is 1. The molecule has 0 aliphatic carbocycles. The summed E-state index contributed by atoms with van der Waals surface area (Å²) in [7, 11) is 4.94. The number of nitrogens with zero attached hydrogens (tertiary/aromatic N) is 1. The molecule has 2 aromatic rings. The van der Waals surface area contributed by atoms with Gasteiger partial charge in [0.2, 0.25) is 0 Å². The Morgan fingerprint density at radius 2 is 1.90 bits per heavy atom. The van der Waals surface area contributed by atoms with Crippen molar-refractivity contribution in [1.82, 2.24) is 4.90 Å². The van der Waals surface area contributed by atoms with Crippen molar-refractivity contribution in [3.05, 3.63) is 47.4 Å². The minimum atomic E-state index is -0.0731. The molecule has 0 fully saturated rings. The maximum atomic E-state index is 12.3. The van der Waals surface area contributed by atoms with Crippen LogP contribution in [-0.4, -0.2) is 32.1 Å². The van der Waals surface area contributed by atoms with Gasteiger partial charge in [-0.3, -0.25) is 4.79 Å². The first kappa shape index (κ1) is 15.0. The van der Waals surface area contributed by atoms with E-state index in [0.29, 0.717) is 29.4 Å². The molecule has 0 unspecified atom stereocenters. The summed E-state index contributed by atoms with van der Waals surface area (Å²) < 4.78 is 15.6. The third-order valence-corrected chi connectivity index (χ3v) is 3.30. The number of hydrogen-bond donors (Lipinski definition) is 0. The number of methoxy groups -OCH3 is 2. The minimum absolute atomic E-state index is 0.0731. The quantitative estimate of drug-likeness (QED) is 0.849.